The summed E-state index contributed by atoms with van der Waals surface area (Å²) < 4.78 is 0. The molecule has 1 fully saturated rings. The van der Waals surface area contributed by atoms with E-state index in [1.54, 1.807) is 0 Å². The molecule has 0 amide bonds. The first-order valence-corrected chi connectivity index (χ1v) is 6.76. The van der Waals surface area contributed by atoms with E-state index in [2.05, 4.69) is 38.2 Å². The first-order valence-electron chi connectivity index (χ1n) is 6.38. The Kier molecular flexibility index (Phi) is 3.51. The maximum absolute atomic E-state index is 6.03. The average Bonchev–Trinajstić information content (AvgIpc) is 2.95. The molecule has 94 valence electrons. The zero-order chi connectivity index (χ0) is 12.5. The van der Waals surface area contributed by atoms with Crippen LogP contribution in [-0.4, -0.2) is 12.1 Å². The molecule has 1 aliphatic carbocycles. The van der Waals surface area contributed by atoms with Gasteiger partial charge in [0.2, 0.25) is 0 Å². The number of halogens is 1. The Labute approximate surface area is 110 Å². The van der Waals surface area contributed by atoms with Crippen molar-refractivity contribution in [2.75, 3.05) is 6.54 Å². The van der Waals surface area contributed by atoms with E-state index in [0.29, 0.717) is 5.41 Å². The van der Waals surface area contributed by atoms with Crippen molar-refractivity contribution in [3.05, 3.63) is 34.9 Å². The van der Waals surface area contributed by atoms with Gasteiger partial charge in [0.15, 0.2) is 0 Å². The molecule has 1 aliphatic rings. The number of hydrogen-bond donors (Lipinski definition) is 1. The summed E-state index contributed by atoms with van der Waals surface area (Å²) in [6, 6.07) is 8.27. The van der Waals surface area contributed by atoms with Gasteiger partial charge in [-0.2, -0.15) is 0 Å². The Hall–Kier alpha value is -0.530. The highest BCUT2D eigenvalue weighted by atomic mass is 35.5. The molecular weight excluding hydrogens is 230 g/mol. The third-order valence-corrected chi connectivity index (χ3v) is 3.65. The lowest BCUT2D eigenvalue weighted by Crippen LogP contribution is -2.40. The van der Waals surface area contributed by atoms with E-state index in [-0.39, 0.29) is 5.54 Å². The molecule has 0 spiro atoms. The maximum Gasteiger partial charge on any atom is 0.0408 e. The van der Waals surface area contributed by atoms with Crippen molar-refractivity contribution in [3.63, 3.8) is 0 Å². The SMILES string of the molecule is CC(C)(C)NCC1(Cc2cccc(Cl)c2)CC1. The van der Waals surface area contributed by atoms with Crippen LogP contribution in [0, 0.1) is 5.41 Å². The van der Waals surface area contributed by atoms with E-state index >= 15 is 0 Å². The second-order valence-corrected chi connectivity index (χ2v) is 6.85. The largest absolute Gasteiger partial charge is 0.312 e. The van der Waals surface area contributed by atoms with Gasteiger partial charge in [-0.05, 0) is 63.1 Å². The molecule has 0 atom stereocenters. The van der Waals surface area contributed by atoms with E-state index in [9.17, 15) is 0 Å². The van der Waals surface area contributed by atoms with Crippen molar-refractivity contribution in [3.8, 4) is 0 Å². The summed E-state index contributed by atoms with van der Waals surface area (Å²) in [6.45, 7) is 7.79. The summed E-state index contributed by atoms with van der Waals surface area (Å²) in [5.74, 6) is 0. The average molecular weight is 252 g/mol. The van der Waals surface area contributed by atoms with Gasteiger partial charge >= 0.3 is 0 Å². The highest BCUT2D eigenvalue weighted by Gasteiger charge is 2.42. The Morgan fingerprint density at radius 3 is 2.53 bits per heavy atom. The van der Waals surface area contributed by atoms with E-state index in [1.165, 1.54) is 18.4 Å². The molecule has 0 unspecified atom stereocenters. The van der Waals surface area contributed by atoms with Crippen LogP contribution in [0.5, 0.6) is 0 Å². The molecule has 1 nitrogen and oxygen atoms in total. The van der Waals surface area contributed by atoms with E-state index in [4.69, 9.17) is 11.6 Å². The van der Waals surface area contributed by atoms with Gasteiger partial charge in [-0.3, -0.25) is 0 Å². The fourth-order valence-corrected chi connectivity index (χ4v) is 2.34. The molecule has 1 saturated carbocycles. The Morgan fingerprint density at radius 1 is 1.29 bits per heavy atom. The summed E-state index contributed by atoms with van der Waals surface area (Å²) in [5, 5.41) is 4.48. The van der Waals surface area contributed by atoms with Gasteiger partial charge < -0.3 is 5.32 Å². The smallest absolute Gasteiger partial charge is 0.0408 e. The Balaban J connectivity index is 1.94. The van der Waals surface area contributed by atoms with Crippen LogP contribution in [-0.2, 0) is 6.42 Å². The van der Waals surface area contributed by atoms with E-state index in [0.717, 1.165) is 18.0 Å². The predicted octanol–water partition coefficient (Wildman–Crippen LogP) is 4.05. The van der Waals surface area contributed by atoms with Crippen LogP contribution < -0.4 is 5.32 Å². The number of nitrogens with one attached hydrogen (secondary N) is 1. The monoisotopic (exact) mass is 251 g/mol. The lowest BCUT2D eigenvalue weighted by atomic mass is 9.95. The predicted molar refractivity (Wildman–Crippen MR) is 74.6 cm³/mol. The fraction of sp³-hybridized carbons (Fsp3) is 0.600. The van der Waals surface area contributed by atoms with Crippen molar-refractivity contribution in [1.29, 1.82) is 0 Å². The third-order valence-electron chi connectivity index (χ3n) is 3.42. The second kappa shape index (κ2) is 4.62. The summed E-state index contributed by atoms with van der Waals surface area (Å²) in [5.41, 5.74) is 2.06. The molecular formula is C15H22ClN. The zero-order valence-electron chi connectivity index (χ0n) is 11.0. The minimum Gasteiger partial charge on any atom is -0.312 e. The van der Waals surface area contributed by atoms with Crippen LogP contribution in [0.15, 0.2) is 24.3 Å². The van der Waals surface area contributed by atoms with Gasteiger partial charge in [0, 0.05) is 17.1 Å². The van der Waals surface area contributed by atoms with E-state index in [1.807, 2.05) is 12.1 Å². The minimum atomic E-state index is 0.212. The molecule has 0 aromatic heterocycles. The summed E-state index contributed by atoms with van der Waals surface area (Å²) in [6.07, 6.45) is 3.82. The molecule has 1 N–H and O–H groups in total. The van der Waals surface area contributed by atoms with Crippen LogP contribution in [0.3, 0.4) is 0 Å². The molecule has 17 heavy (non-hydrogen) atoms. The molecule has 2 rings (SSSR count). The minimum absolute atomic E-state index is 0.212. The quantitative estimate of drug-likeness (QED) is 0.851. The highest BCUT2D eigenvalue weighted by Crippen LogP contribution is 2.48. The fourth-order valence-electron chi connectivity index (χ4n) is 2.13. The molecule has 0 radical (unpaired) electrons. The van der Waals surface area contributed by atoms with Crippen LogP contribution in [0.25, 0.3) is 0 Å². The van der Waals surface area contributed by atoms with E-state index < -0.39 is 0 Å². The lowest BCUT2D eigenvalue weighted by molar-refractivity contribution is 0.356. The summed E-state index contributed by atoms with van der Waals surface area (Å²) in [7, 11) is 0. The molecule has 0 aliphatic heterocycles. The van der Waals surface area contributed by atoms with Crippen molar-refractivity contribution in [2.24, 2.45) is 5.41 Å². The van der Waals surface area contributed by atoms with Gasteiger partial charge in [0.1, 0.15) is 0 Å². The highest BCUT2D eigenvalue weighted by molar-refractivity contribution is 6.30. The van der Waals surface area contributed by atoms with Gasteiger partial charge in [0.25, 0.3) is 0 Å². The van der Waals surface area contributed by atoms with Crippen LogP contribution >= 0.6 is 11.6 Å². The van der Waals surface area contributed by atoms with Crippen molar-refractivity contribution < 1.29 is 0 Å². The van der Waals surface area contributed by atoms with Gasteiger partial charge in [0.05, 0.1) is 0 Å². The van der Waals surface area contributed by atoms with Crippen molar-refractivity contribution in [1.82, 2.24) is 5.32 Å². The third kappa shape index (κ3) is 4.01. The Morgan fingerprint density at radius 2 is 2.00 bits per heavy atom. The molecule has 0 saturated heterocycles. The van der Waals surface area contributed by atoms with Crippen LogP contribution in [0.4, 0.5) is 0 Å². The normalized spacial score (nSPS) is 18.1. The number of benzene rings is 1. The summed E-state index contributed by atoms with van der Waals surface area (Å²) >= 11 is 6.03. The molecule has 0 bridgehead atoms. The van der Waals surface area contributed by atoms with Crippen LogP contribution in [0.1, 0.15) is 39.2 Å². The molecule has 2 heteroatoms. The first kappa shape index (κ1) is 12.9. The number of rotatable bonds is 4. The van der Waals surface area contributed by atoms with Gasteiger partial charge in [-0.1, -0.05) is 23.7 Å². The molecule has 0 heterocycles. The standard InChI is InChI=1S/C15H22ClN/c1-14(2,3)17-11-15(7-8-15)10-12-5-4-6-13(16)9-12/h4-6,9,17H,7-8,10-11H2,1-3H3. The lowest BCUT2D eigenvalue weighted by Gasteiger charge is -2.25. The summed E-state index contributed by atoms with van der Waals surface area (Å²) in [4.78, 5) is 0. The maximum atomic E-state index is 6.03. The zero-order valence-corrected chi connectivity index (χ0v) is 11.8. The van der Waals surface area contributed by atoms with Gasteiger partial charge in [-0.15, -0.1) is 0 Å². The van der Waals surface area contributed by atoms with Gasteiger partial charge in [-0.25, -0.2) is 0 Å². The molecule has 1 aromatic carbocycles. The number of hydrogen-bond acceptors (Lipinski definition) is 1. The molecule has 1 aromatic rings. The Bertz CT molecular complexity index is 388. The topological polar surface area (TPSA) is 12.0 Å². The van der Waals surface area contributed by atoms with Crippen LogP contribution in [0.2, 0.25) is 5.02 Å². The first-order chi connectivity index (χ1) is 7.89. The van der Waals surface area contributed by atoms with Crippen molar-refractivity contribution >= 4 is 11.6 Å². The van der Waals surface area contributed by atoms with Crippen molar-refractivity contribution in [2.45, 2.75) is 45.6 Å². The second-order valence-electron chi connectivity index (χ2n) is 6.41.